The number of piperazine rings is 1. The Hall–Kier alpha value is -1.55. The van der Waals surface area contributed by atoms with Gasteiger partial charge in [-0.15, -0.1) is 0 Å². The van der Waals surface area contributed by atoms with Crippen LogP contribution in [-0.4, -0.2) is 38.6 Å². The van der Waals surface area contributed by atoms with Gasteiger partial charge in [-0.1, -0.05) is 25.1 Å². The molecule has 0 saturated carbocycles. The van der Waals surface area contributed by atoms with Gasteiger partial charge in [0.1, 0.15) is 6.04 Å². The number of rotatable bonds is 4. The lowest BCUT2D eigenvalue weighted by Crippen LogP contribution is -2.58. The monoisotopic (exact) mass is 247 g/mol. The summed E-state index contributed by atoms with van der Waals surface area (Å²) in [6.45, 7) is 4.41. The van der Waals surface area contributed by atoms with Crippen molar-refractivity contribution < 1.29 is 4.79 Å². The molecule has 0 bridgehead atoms. The molecule has 4 heteroatoms. The van der Waals surface area contributed by atoms with Crippen molar-refractivity contribution in [3.05, 3.63) is 29.8 Å². The van der Waals surface area contributed by atoms with Crippen molar-refractivity contribution in [2.45, 2.75) is 19.4 Å². The molecule has 1 heterocycles. The quantitative estimate of drug-likeness (QED) is 0.826. The number of nitrogens with one attached hydrogen (secondary N) is 2. The summed E-state index contributed by atoms with van der Waals surface area (Å²) in [5.74, 6) is 0.113. The highest BCUT2D eigenvalue weighted by molar-refractivity contribution is 5.87. The molecule has 2 rings (SSSR count). The van der Waals surface area contributed by atoms with Gasteiger partial charge in [0.25, 0.3) is 0 Å². The summed E-state index contributed by atoms with van der Waals surface area (Å²) in [4.78, 5) is 14.2. The molecular weight excluding hydrogens is 226 g/mol. The highest BCUT2D eigenvalue weighted by atomic mass is 16.2. The molecule has 98 valence electrons. The van der Waals surface area contributed by atoms with Gasteiger partial charge in [0.15, 0.2) is 0 Å². The second kappa shape index (κ2) is 5.87. The Morgan fingerprint density at radius 3 is 2.94 bits per heavy atom. The normalized spacial score (nSPS) is 19.8. The molecule has 0 aromatic heterocycles. The maximum absolute atomic E-state index is 12.0. The number of para-hydroxylation sites is 1. The largest absolute Gasteiger partial charge is 0.356 e. The van der Waals surface area contributed by atoms with Gasteiger partial charge in [-0.2, -0.15) is 0 Å². The van der Waals surface area contributed by atoms with Gasteiger partial charge < -0.3 is 15.5 Å². The van der Waals surface area contributed by atoms with Crippen molar-refractivity contribution in [2.24, 2.45) is 0 Å². The molecule has 2 N–H and O–H groups in total. The molecule has 0 spiro atoms. The zero-order valence-corrected chi connectivity index (χ0v) is 11.1. The van der Waals surface area contributed by atoms with E-state index in [0.717, 1.165) is 19.5 Å². The molecule has 1 unspecified atom stereocenters. The average molecular weight is 247 g/mol. The van der Waals surface area contributed by atoms with Crippen LogP contribution in [0.5, 0.6) is 0 Å². The fraction of sp³-hybridized carbons (Fsp3) is 0.500. The van der Waals surface area contributed by atoms with Crippen LogP contribution in [0.25, 0.3) is 0 Å². The number of anilines is 1. The van der Waals surface area contributed by atoms with Crippen LogP contribution in [0.4, 0.5) is 5.69 Å². The molecule has 1 amide bonds. The summed E-state index contributed by atoms with van der Waals surface area (Å²) in [7, 11) is 1.88. The van der Waals surface area contributed by atoms with Gasteiger partial charge in [0, 0.05) is 25.3 Å². The zero-order chi connectivity index (χ0) is 13.0. The zero-order valence-electron chi connectivity index (χ0n) is 11.1. The van der Waals surface area contributed by atoms with Crippen LogP contribution in [0.3, 0.4) is 0 Å². The van der Waals surface area contributed by atoms with E-state index >= 15 is 0 Å². The smallest absolute Gasteiger partial charge is 0.244 e. The second-order valence-corrected chi connectivity index (χ2v) is 4.54. The molecular formula is C14H21N3O. The third-order valence-corrected chi connectivity index (χ3v) is 3.41. The predicted molar refractivity (Wildman–Crippen MR) is 73.9 cm³/mol. The Morgan fingerprint density at radius 1 is 1.44 bits per heavy atom. The lowest BCUT2D eigenvalue weighted by molar-refractivity contribution is -0.123. The third kappa shape index (κ3) is 2.48. The molecule has 1 aromatic carbocycles. The number of hydrogen-bond acceptors (Lipinski definition) is 3. The first-order chi connectivity index (χ1) is 8.77. The number of benzene rings is 1. The van der Waals surface area contributed by atoms with Crippen molar-refractivity contribution in [1.29, 1.82) is 0 Å². The standard InChI is InChI=1S/C14H21N3O/c1-3-11-6-4-5-7-12(11)17-9-8-16-14(18)13(17)10-15-2/h4-7,13,15H,3,8-10H2,1-2H3,(H,16,18). The Morgan fingerprint density at radius 2 is 2.22 bits per heavy atom. The van der Waals surface area contributed by atoms with Crippen molar-refractivity contribution >= 4 is 11.6 Å². The molecule has 1 fully saturated rings. The first kappa shape index (κ1) is 12.9. The number of carbonyl (C=O) groups excluding carboxylic acids is 1. The number of hydrogen-bond donors (Lipinski definition) is 2. The van der Waals surface area contributed by atoms with Crippen LogP contribution in [0.1, 0.15) is 12.5 Å². The summed E-state index contributed by atoms with van der Waals surface area (Å²) in [6, 6.07) is 8.23. The summed E-state index contributed by atoms with van der Waals surface area (Å²) in [6.07, 6.45) is 0.987. The average Bonchev–Trinajstić information content (AvgIpc) is 2.41. The minimum atomic E-state index is -0.114. The van der Waals surface area contributed by atoms with Crippen LogP contribution >= 0.6 is 0 Å². The highest BCUT2D eigenvalue weighted by Gasteiger charge is 2.29. The topological polar surface area (TPSA) is 44.4 Å². The van der Waals surface area contributed by atoms with E-state index in [1.165, 1.54) is 11.3 Å². The first-order valence-corrected chi connectivity index (χ1v) is 6.54. The number of carbonyl (C=O) groups is 1. The van der Waals surface area contributed by atoms with Crippen LogP contribution < -0.4 is 15.5 Å². The number of nitrogens with zero attached hydrogens (tertiary/aromatic N) is 1. The van der Waals surface area contributed by atoms with E-state index in [0.29, 0.717) is 6.54 Å². The second-order valence-electron chi connectivity index (χ2n) is 4.54. The van der Waals surface area contributed by atoms with Gasteiger partial charge >= 0.3 is 0 Å². The molecule has 1 aromatic rings. The van der Waals surface area contributed by atoms with Crippen molar-refractivity contribution in [1.82, 2.24) is 10.6 Å². The van der Waals surface area contributed by atoms with Crippen LogP contribution in [0, 0.1) is 0 Å². The third-order valence-electron chi connectivity index (χ3n) is 3.41. The molecule has 0 aliphatic carbocycles. The van der Waals surface area contributed by atoms with Crippen LogP contribution in [0.15, 0.2) is 24.3 Å². The van der Waals surface area contributed by atoms with Crippen molar-refractivity contribution in [3.8, 4) is 0 Å². The summed E-state index contributed by atoms with van der Waals surface area (Å²) in [5.41, 5.74) is 2.49. The number of likely N-dealkylation sites (N-methyl/N-ethyl adjacent to an activating group) is 1. The van der Waals surface area contributed by atoms with Gasteiger partial charge in [-0.25, -0.2) is 0 Å². The van der Waals surface area contributed by atoms with Crippen molar-refractivity contribution in [3.63, 3.8) is 0 Å². The molecule has 1 atom stereocenters. The number of aryl methyl sites for hydroxylation is 1. The Bertz CT molecular complexity index is 419. The van der Waals surface area contributed by atoms with Crippen LogP contribution in [0.2, 0.25) is 0 Å². The van der Waals surface area contributed by atoms with Crippen molar-refractivity contribution in [2.75, 3.05) is 31.6 Å². The fourth-order valence-corrected chi connectivity index (χ4v) is 2.49. The van der Waals surface area contributed by atoms with Gasteiger partial charge in [-0.05, 0) is 25.1 Å². The molecule has 0 radical (unpaired) electrons. The van der Waals surface area contributed by atoms with E-state index in [2.05, 4.69) is 40.7 Å². The predicted octanol–water partition coefficient (Wildman–Crippen LogP) is 0.773. The van der Waals surface area contributed by atoms with E-state index in [1.807, 2.05) is 13.1 Å². The van der Waals surface area contributed by atoms with Gasteiger partial charge in [0.05, 0.1) is 0 Å². The molecule has 1 aliphatic heterocycles. The van der Waals surface area contributed by atoms with E-state index in [9.17, 15) is 4.79 Å². The fourth-order valence-electron chi connectivity index (χ4n) is 2.49. The Balaban J connectivity index is 2.31. The number of amides is 1. The van der Waals surface area contributed by atoms with Crippen LogP contribution in [-0.2, 0) is 11.2 Å². The highest BCUT2D eigenvalue weighted by Crippen LogP contribution is 2.23. The maximum Gasteiger partial charge on any atom is 0.244 e. The van der Waals surface area contributed by atoms with E-state index in [1.54, 1.807) is 0 Å². The molecule has 18 heavy (non-hydrogen) atoms. The van der Waals surface area contributed by atoms with Gasteiger partial charge in [0.2, 0.25) is 5.91 Å². The molecule has 1 saturated heterocycles. The summed E-state index contributed by atoms with van der Waals surface area (Å²) in [5, 5.41) is 6.04. The summed E-state index contributed by atoms with van der Waals surface area (Å²) < 4.78 is 0. The lowest BCUT2D eigenvalue weighted by Gasteiger charge is -2.37. The Labute approximate surface area is 108 Å². The Kier molecular flexibility index (Phi) is 4.20. The molecule has 4 nitrogen and oxygen atoms in total. The SMILES string of the molecule is CCc1ccccc1N1CCNC(=O)C1CNC. The lowest BCUT2D eigenvalue weighted by atomic mass is 10.1. The van der Waals surface area contributed by atoms with E-state index in [-0.39, 0.29) is 11.9 Å². The maximum atomic E-state index is 12.0. The summed E-state index contributed by atoms with van der Waals surface area (Å²) >= 11 is 0. The minimum Gasteiger partial charge on any atom is -0.356 e. The first-order valence-electron chi connectivity index (χ1n) is 6.54. The van der Waals surface area contributed by atoms with Gasteiger partial charge in [-0.3, -0.25) is 4.79 Å². The minimum absolute atomic E-state index is 0.113. The van der Waals surface area contributed by atoms with E-state index in [4.69, 9.17) is 0 Å². The van der Waals surface area contributed by atoms with E-state index < -0.39 is 0 Å². The molecule has 1 aliphatic rings.